The van der Waals surface area contributed by atoms with Crippen LogP contribution in [0.5, 0.6) is 11.5 Å². The fourth-order valence-electron chi connectivity index (χ4n) is 1.45. The lowest BCUT2D eigenvalue weighted by molar-refractivity contribution is 0.404. The van der Waals surface area contributed by atoms with E-state index in [1.807, 2.05) is 6.07 Å². The van der Waals surface area contributed by atoms with E-state index in [1.165, 1.54) is 6.26 Å². The van der Waals surface area contributed by atoms with Crippen molar-refractivity contribution < 1.29 is 13.9 Å². The van der Waals surface area contributed by atoms with E-state index in [-0.39, 0.29) is 0 Å². The molecular formula is C12H13ClN2O3. The van der Waals surface area contributed by atoms with E-state index >= 15 is 0 Å². The van der Waals surface area contributed by atoms with Gasteiger partial charge in [0.2, 0.25) is 0 Å². The van der Waals surface area contributed by atoms with Gasteiger partial charge in [-0.1, -0.05) is 0 Å². The first-order chi connectivity index (χ1) is 8.76. The van der Waals surface area contributed by atoms with Crippen LogP contribution in [0.2, 0.25) is 0 Å². The minimum Gasteiger partial charge on any atom is -0.497 e. The Kier molecular flexibility index (Phi) is 3.94. The Morgan fingerprint density at radius 3 is 2.78 bits per heavy atom. The molecule has 2 rings (SSSR count). The summed E-state index contributed by atoms with van der Waals surface area (Å²) in [5.74, 6) is 1.68. The molecule has 0 unspecified atom stereocenters. The van der Waals surface area contributed by atoms with Gasteiger partial charge in [-0.05, 0) is 12.1 Å². The molecule has 96 valence electrons. The van der Waals surface area contributed by atoms with Crippen LogP contribution in [0.3, 0.4) is 0 Å². The SMILES string of the molecule is COc1ccc(OC)c(Nc2nc(CCl)co2)c1. The van der Waals surface area contributed by atoms with Crippen LogP contribution in [-0.4, -0.2) is 19.2 Å². The van der Waals surface area contributed by atoms with Gasteiger partial charge in [-0.2, -0.15) is 4.98 Å². The molecule has 1 N–H and O–H groups in total. The van der Waals surface area contributed by atoms with Crippen LogP contribution >= 0.6 is 11.6 Å². The van der Waals surface area contributed by atoms with Crippen LogP contribution in [0.1, 0.15) is 5.69 Å². The van der Waals surface area contributed by atoms with Crippen molar-refractivity contribution in [3.05, 3.63) is 30.2 Å². The fourth-order valence-corrected chi connectivity index (χ4v) is 1.58. The summed E-state index contributed by atoms with van der Waals surface area (Å²) in [5, 5.41) is 3.01. The van der Waals surface area contributed by atoms with Crippen molar-refractivity contribution in [2.24, 2.45) is 0 Å². The average molecular weight is 269 g/mol. The van der Waals surface area contributed by atoms with Crippen molar-refractivity contribution in [2.45, 2.75) is 5.88 Å². The molecule has 0 saturated carbocycles. The molecule has 1 heterocycles. The maximum atomic E-state index is 5.65. The Balaban J connectivity index is 2.25. The molecule has 1 aromatic carbocycles. The lowest BCUT2D eigenvalue weighted by Crippen LogP contribution is -1.96. The summed E-state index contributed by atoms with van der Waals surface area (Å²) in [6, 6.07) is 5.76. The Labute approximate surface area is 110 Å². The molecule has 5 nitrogen and oxygen atoms in total. The number of benzene rings is 1. The molecule has 0 spiro atoms. The van der Waals surface area contributed by atoms with Crippen molar-refractivity contribution in [3.8, 4) is 11.5 Å². The quantitative estimate of drug-likeness (QED) is 0.844. The maximum absolute atomic E-state index is 5.65. The predicted octanol–water partition coefficient (Wildman–Crippen LogP) is 3.17. The maximum Gasteiger partial charge on any atom is 0.299 e. The van der Waals surface area contributed by atoms with Crippen LogP contribution in [0.4, 0.5) is 11.7 Å². The van der Waals surface area contributed by atoms with Gasteiger partial charge >= 0.3 is 0 Å². The van der Waals surface area contributed by atoms with E-state index in [9.17, 15) is 0 Å². The molecule has 1 aromatic heterocycles. The first kappa shape index (κ1) is 12.6. The van der Waals surface area contributed by atoms with Gasteiger partial charge in [0.05, 0.1) is 31.5 Å². The number of nitrogens with zero attached hydrogens (tertiary/aromatic N) is 1. The van der Waals surface area contributed by atoms with Crippen LogP contribution in [0.25, 0.3) is 0 Å². The molecule has 0 aliphatic heterocycles. The first-order valence-corrected chi connectivity index (χ1v) is 5.79. The minimum absolute atomic E-state index is 0.306. The van der Waals surface area contributed by atoms with Crippen molar-refractivity contribution in [3.63, 3.8) is 0 Å². The van der Waals surface area contributed by atoms with Gasteiger partial charge in [0.25, 0.3) is 6.01 Å². The summed E-state index contributed by atoms with van der Waals surface area (Å²) < 4.78 is 15.6. The summed E-state index contributed by atoms with van der Waals surface area (Å²) in [7, 11) is 3.19. The summed E-state index contributed by atoms with van der Waals surface area (Å²) in [5.41, 5.74) is 1.38. The molecular weight excluding hydrogens is 256 g/mol. The molecule has 0 amide bonds. The summed E-state index contributed by atoms with van der Waals surface area (Å²) in [6.45, 7) is 0. The number of anilines is 2. The van der Waals surface area contributed by atoms with Gasteiger partial charge in [0.15, 0.2) is 0 Å². The normalized spacial score (nSPS) is 10.2. The van der Waals surface area contributed by atoms with Gasteiger partial charge in [-0.15, -0.1) is 11.6 Å². The fraction of sp³-hybridized carbons (Fsp3) is 0.250. The zero-order valence-corrected chi connectivity index (χ0v) is 10.8. The van der Waals surface area contributed by atoms with E-state index in [0.29, 0.717) is 34.8 Å². The molecule has 6 heteroatoms. The molecule has 0 bridgehead atoms. The van der Waals surface area contributed by atoms with E-state index in [2.05, 4.69) is 10.3 Å². The second-order valence-corrected chi connectivity index (χ2v) is 3.74. The number of rotatable bonds is 5. The van der Waals surface area contributed by atoms with Crippen molar-refractivity contribution in [1.29, 1.82) is 0 Å². The van der Waals surface area contributed by atoms with Gasteiger partial charge in [-0.25, -0.2) is 0 Å². The van der Waals surface area contributed by atoms with Gasteiger partial charge in [0, 0.05) is 6.07 Å². The molecule has 0 fully saturated rings. The van der Waals surface area contributed by atoms with E-state index in [1.54, 1.807) is 26.4 Å². The van der Waals surface area contributed by atoms with Crippen LogP contribution in [0.15, 0.2) is 28.9 Å². The average Bonchev–Trinajstić information content (AvgIpc) is 2.86. The van der Waals surface area contributed by atoms with E-state index in [4.69, 9.17) is 25.5 Å². The van der Waals surface area contributed by atoms with Gasteiger partial charge in [-0.3, -0.25) is 0 Å². The minimum atomic E-state index is 0.306. The lowest BCUT2D eigenvalue weighted by Gasteiger charge is -2.10. The number of methoxy groups -OCH3 is 2. The smallest absolute Gasteiger partial charge is 0.299 e. The predicted molar refractivity (Wildman–Crippen MR) is 68.9 cm³/mol. The van der Waals surface area contributed by atoms with Gasteiger partial charge < -0.3 is 19.2 Å². The van der Waals surface area contributed by atoms with Gasteiger partial charge in [0.1, 0.15) is 17.8 Å². The highest BCUT2D eigenvalue weighted by molar-refractivity contribution is 6.16. The third-order valence-electron chi connectivity index (χ3n) is 2.34. The number of nitrogens with one attached hydrogen (secondary N) is 1. The summed E-state index contributed by atoms with van der Waals surface area (Å²) in [6.07, 6.45) is 1.50. The van der Waals surface area contributed by atoms with Crippen molar-refractivity contribution in [1.82, 2.24) is 4.98 Å². The summed E-state index contributed by atoms with van der Waals surface area (Å²) >= 11 is 5.65. The molecule has 0 aliphatic carbocycles. The van der Waals surface area contributed by atoms with Crippen LogP contribution in [0, 0.1) is 0 Å². The van der Waals surface area contributed by atoms with Crippen molar-refractivity contribution >= 4 is 23.3 Å². The second kappa shape index (κ2) is 5.64. The summed E-state index contributed by atoms with van der Waals surface area (Å²) in [4.78, 5) is 4.15. The van der Waals surface area contributed by atoms with Crippen molar-refractivity contribution in [2.75, 3.05) is 19.5 Å². The molecule has 18 heavy (non-hydrogen) atoms. The Bertz CT molecular complexity index is 528. The number of halogens is 1. The Morgan fingerprint density at radius 1 is 1.33 bits per heavy atom. The standard InChI is InChI=1S/C12H13ClN2O3/c1-16-9-3-4-11(17-2)10(5-9)15-12-14-8(6-13)7-18-12/h3-5,7H,6H2,1-2H3,(H,14,15). The topological polar surface area (TPSA) is 56.5 Å². The lowest BCUT2D eigenvalue weighted by atomic mass is 10.2. The Morgan fingerprint density at radius 2 is 2.17 bits per heavy atom. The molecule has 0 aliphatic rings. The number of oxazole rings is 1. The number of hydrogen-bond acceptors (Lipinski definition) is 5. The third-order valence-corrected chi connectivity index (χ3v) is 2.61. The highest BCUT2D eigenvalue weighted by Gasteiger charge is 2.09. The van der Waals surface area contributed by atoms with Crippen LogP contribution in [-0.2, 0) is 5.88 Å². The van der Waals surface area contributed by atoms with Crippen LogP contribution < -0.4 is 14.8 Å². The molecule has 0 atom stereocenters. The molecule has 0 saturated heterocycles. The monoisotopic (exact) mass is 268 g/mol. The Hall–Kier alpha value is -1.88. The highest BCUT2D eigenvalue weighted by Crippen LogP contribution is 2.31. The van der Waals surface area contributed by atoms with E-state index < -0.39 is 0 Å². The number of aromatic nitrogens is 1. The molecule has 0 radical (unpaired) electrons. The third kappa shape index (κ3) is 2.68. The number of alkyl halides is 1. The second-order valence-electron chi connectivity index (χ2n) is 3.47. The molecule has 2 aromatic rings. The highest BCUT2D eigenvalue weighted by atomic mass is 35.5. The van der Waals surface area contributed by atoms with E-state index in [0.717, 1.165) is 0 Å². The zero-order chi connectivity index (χ0) is 13.0. The zero-order valence-electron chi connectivity index (χ0n) is 10.1. The first-order valence-electron chi connectivity index (χ1n) is 5.26. The number of ether oxygens (including phenoxy) is 2. The largest absolute Gasteiger partial charge is 0.497 e. The number of hydrogen-bond donors (Lipinski definition) is 1.